The number of ether oxygens (including phenoxy) is 3. The van der Waals surface area contributed by atoms with E-state index in [2.05, 4.69) is 37.6 Å². The van der Waals surface area contributed by atoms with E-state index in [4.69, 9.17) is 14.2 Å². The highest BCUT2D eigenvalue weighted by molar-refractivity contribution is 7.74. The van der Waals surface area contributed by atoms with Gasteiger partial charge >= 0.3 is 11.9 Å². The summed E-state index contributed by atoms with van der Waals surface area (Å²) in [5.41, 5.74) is 1.13. The van der Waals surface area contributed by atoms with E-state index >= 15 is 0 Å². The quantitative estimate of drug-likeness (QED) is 0.174. The van der Waals surface area contributed by atoms with Crippen molar-refractivity contribution >= 4 is 19.2 Å². The molecule has 1 aliphatic carbocycles. The first-order valence-corrected chi connectivity index (χ1v) is 17.5. The summed E-state index contributed by atoms with van der Waals surface area (Å²) < 4.78 is 17.5. The molecular formula is C32H54O5P+. The van der Waals surface area contributed by atoms with Gasteiger partial charge in [-0.3, -0.25) is 9.59 Å². The van der Waals surface area contributed by atoms with Crippen molar-refractivity contribution in [3.63, 3.8) is 0 Å². The molecule has 1 aromatic carbocycles. The molecule has 0 aromatic heterocycles. The molecule has 0 aliphatic heterocycles. The van der Waals surface area contributed by atoms with Gasteiger partial charge in [0.05, 0.1) is 29.4 Å². The molecule has 1 atom stereocenters. The van der Waals surface area contributed by atoms with Gasteiger partial charge in [-0.1, -0.05) is 44.5 Å². The third kappa shape index (κ3) is 9.63. The van der Waals surface area contributed by atoms with Crippen molar-refractivity contribution in [3.8, 4) is 0 Å². The van der Waals surface area contributed by atoms with Gasteiger partial charge in [-0.2, -0.15) is 0 Å². The smallest absolute Gasteiger partial charge is 0.317 e. The summed E-state index contributed by atoms with van der Waals surface area (Å²) in [7, 11) is -1.00. The van der Waals surface area contributed by atoms with Crippen molar-refractivity contribution in [1.29, 1.82) is 0 Å². The summed E-state index contributed by atoms with van der Waals surface area (Å²) in [5, 5.41) is 0. The Balaban J connectivity index is 2.03. The van der Waals surface area contributed by atoms with Crippen LogP contribution in [0.4, 0.5) is 0 Å². The van der Waals surface area contributed by atoms with E-state index < -0.39 is 29.7 Å². The second-order valence-corrected chi connectivity index (χ2v) is 18.0. The van der Waals surface area contributed by atoms with Crippen molar-refractivity contribution in [2.24, 2.45) is 10.8 Å². The molecule has 1 unspecified atom stereocenters. The Bertz CT molecular complexity index is 899. The van der Waals surface area contributed by atoms with Crippen LogP contribution in [0.3, 0.4) is 0 Å². The van der Waals surface area contributed by atoms with Gasteiger partial charge in [0.1, 0.15) is 18.6 Å². The Morgan fingerprint density at radius 2 is 1.39 bits per heavy atom. The second-order valence-electron chi connectivity index (χ2n) is 13.4. The van der Waals surface area contributed by atoms with Crippen LogP contribution in [-0.2, 0) is 36.6 Å². The minimum absolute atomic E-state index is 0.0766. The SMILES string of the molecule is CCC(C)(C)OCC(C)(COC(=O)C(C)(C)CC)C(=O)OCc1ccc(C[P+](C)(C)C2CCCCC2)cc1. The summed E-state index contributed by atoms with van der Waals surface area (Å²) in [6.07, 6.45) is 9.55. The number of benzene rings is 1. The maximum Gasteiger partial charge on any atom is 0.317 e. The van der Waals surface area contributed by atoms with E-state index in [1.165, 1.54) is 43.8 Å². The third-order valence-electron chi connectivity index (χ3n) is 8.63. The first-order chi connectivity index (χ1) is 17.6. The van der Waals surface area contributed by atoms with E-state index in [1.807, 2.05) is 41.5 Å². The molecule has 1 saturated carbocycles. The average molecular weight is 550 g/mol. The molecule has 1 fully saturated rings. The Morgan fingerprint density at radius 3 is 1.95 bits per heavy atom. The van der Waals surface area contributed by atoms with Crippen molar-refractivity contribution in [3.05, 3.63) is 35.4 Å². The maximum atomic E-state index is 13.3. The molecule has 0 radical (unpaired) electrons. The Morgan fingerprint density at radius 1 is 0.816 bits per heavy atom. The third-order valence-corrected chi connectivity index (χ3v) is 12.3. The number of carbonyl (C=O) groups is 2. The fourth-order valence-corrected chi connectivity index (χ4v) is 7.80. The number of hydrogen-bond acceptors (Lipinski definition) is 5. The molecule has 0 bridgehead atoms. The van der Waals surface area contributed by atoms with E-state index in [0.717, 1.165) is 17.6 Å². The van der Waals surface area contributed by atoms with Crippen LogP contribution in [-0.4, -0.2) is 49.7 Å². The summed E-state index contributed by atoms with van der Waals surface area (Å²) in [6, 6.07) is 8.52. The molecule has 5 nitrogen and oxygen atoms in total. The standard InChI is InChI=1S/C32H54O5P/c1-10-30(3,4)28(33)36-23-32(7,24-37-31(5,6)11-2)29(34)35-21-25-17-19-26(20-18-25)22-38(8,9)27-15-13-12-14-16-27/h17-20,27H,10-16,21-24H2,1-9H3/q+1. The maximum absolute atomic E-state index is 13.3. The lowest BCUT2D eigenvalue weighted by Crippen LogP contribution is -2.43. The lowest BCUT2D eigenvalue weighted by atomic mass is 9.89. The first kappa shape index (κ1) is 32.8. The van der Waals surface area contributed by atoms with Crippen LogP contribution in [0.1, 0.15) is 105 Å². The number of hydrogen-bond donors (Lipinski definition) is 0. The van der Waals surface area contributed by atoms with Gasteiger partial charge in [-0.15, -0.1) is 0 Å². The lowest BCUT2D eigenvalue weighted by Gasteiger charge is -2.33. The monoisotopic (exact) mass is 549 g/mol. The predicted octanol–water partition coefficient (Wildman–Crippen LogP) is 8.03. The van der Waals surface area contributed by atoms with E-state index in [1.54, 1.807) is 6.92 Å². The van der Waals surface area contributed by atoms with Crippen LogP contribution in [0.25, 0.3) is 0 Å². The summed E-state index contributed by atoms with van der Waals surface area (Å²) in [4.78, 5) is 25.9. The molecule has 216 valence electrons. The molecule has 0 heterocycles. The van der Waals surface area contributed by atoms with Crippen LogP contribution < -0.4 is 0 Å². The fraction of sp³-hybridized carbons (Fsp3) is 0.750. The minimum atomic E-state index is -1.10. The molecule has 0 amide bonds. The van der Waals surface area contributed by atoms with Crippen LogP contribution in [0.15, 0.2) is 24.3 Å². The fourth-order valence-electron chi connectivity index (χ4n) is 4.62. The Kier molecular flexibility index (Phi) is 11.9. The largest absolute Gasteiger partial charge is 0.464 e. The number of esters is 2. The van der Waals surface area contributed by atoms with Gasteiger partial charge in [-0.05, 0) is 84.3 Å². The van der Waals surface area contributed by atoms with E-state index in [0.29, 0.717) is 6.42 Å². The number of carbonyl (C=O) groups excluding carboxylic acids is 2. The molecule has 38 heavy (non-hydrogen) atoms. The number of rotatable bonds is 14. The zero-order valence-electron chi connectivity index (χ0n) is 25.7. The van der Waals surface area contributed by atoms with Crippen LogP contribution in [0.2, 0.25) is 0 Å². The van der Waals surface area contributed by atoms with Crippen molar-refractivity contribution in [2.75, 3.05) is 26.5 Å². The summed E-state index contributed by atoms with van der Waals surface area (Å²) >= 11 is 0. The molecule has 0 saturated heterocycles. The van der Waals surface area contributed by atoms with Gasteiger partial charge in [-0.25, -0.2) is 0 Å². The second kappa shape index (κ2) is 13.8. The molecule has 1 aromatic rings. The van der Waals surface area contributed by atoms with E-state index in [9.17, 15) is 9.59 Å². The topological polar surface area (TPSA) is 61.8 Å². The van der Waals surface area contributed by atoms with Gasteiger partial charge in [0.25, 0.3) is 0 Å². The normalized spacial score (nSPS) is 17.1. The summed E-state index contributed by atoms with van der Waals surface area (Å²) in [5.74, 6) is -0.733. The molecule has 1 aliphatic rings. The minimum Gasteiger partial charge on any atom is -0.464 e. The highest BCUT2D eigenvalue weighted by Crippen LogP contribution is 2.62. The van der Waals surface area contributed by atoms with Gasteiger partial charge in [0.2, 0.25) is 0 Å². The van der Waals surface area contributed by atoms with E-state index in [-0.39, 0.29) is 25.8 Å². The van der Waals surface area contributed by atoms with Crippen molar-refractivity contribution in [1.82, 2.24) is 0 Å². The summed E-state index contributed by atoms with van der Waals surface area (Å²) in [6.45, 7) is 18.7. The molecular weight excluding hydrogens is 495 g/mol. The highest BCUT2D eigenvalue weighted by atomic mass is 31.2. The molecule has 2 rings (SSSR count). The van der Waals surface area contributed by atoms with Crippen LogP contribution >= 0.6 is 7.26 Å². The average Bonchev–Trinajstić information content (AvgIpc) is 2.90. The van der Waals surface area contributed by atoms with Gasteiger partial charge in [0.15, 0.2) is 0 Å². The molecule has 0 N–H and O–H groups in total. The van der Waals surface area contributed by atoms with Crippen LogP contribution in [0.5, 0.6) is 0 Å². The zero-order chi connectivity index (χ0) is 28.6. The van der Waals surface area contributed by atoms with Gasteiger partial charge < -0.3 is 14.2 Å². The predicted molar refractivity (Wildman–Crippen MR) is 159 cm³/mol. The first-order valence-electron chi connectivity index (χ1n) is 14.5. The lowest BCUT2D eigenvalue weighted by molar-refractivity contribution is -0.176. The molecule has 6 heteroatoms. The Labute approximate surface area is 233 Å². The van der Waals surface area contributed by atoms with Crippen LogP contribution in [0, 0.1) is 10.8 Å². The highest BCUT2D eigenvalue weighted by Gasteiger charge is 2.41. The van der Waals surface area contributed by atoms with Crippen molar-refractivity contribution < 1.29 is 23.8 Å². The molecule has 0 spiro atoms. The zero-order valence-corrected chi connectivity index (χ0v) is 26.5. The van der Waals surface area contributed by atoms with Crippen molar-refractivity contribution in [2.45, 2.75) is 117 Å². The Hall–Kier alpha value is -1.45. The van der Waals surface area contributed by atoms with Gasteiger partial charge in [0, 0.05) is 20.6 Å².